The summed E-state index contributed by atoms with van der Waals surface area (Å²) in [5.41, 5.74) is 5.58. The first-order chi connectivity index (χ1) is 8.49. The van der Waals surface area contributed by atoms with E-state index < -0.39 is 23.6 Å². The molecule has 0 saturated heterocycles. The highest BCUT2D eigenvalue weighted by Crippen LogP contribution is 2.18. The maximum absolute atomic E-state index is 13.4. The van der Waals surface area contributed by atoms with E-state index in [9.17, 15) is 14.0 Å². The van der Waals surface area contributed by atoms with Crippen LogP contribution in [0.15, 0.2) is 18.2 Å². The number of methoxy groups -OCH3 is 2. The lowest BCUT2D eigenvalue weighted by Crippen LogP contribution is -2.33. The summed E-state index contributed by atoms with van der Waals surface area (Å²) in [5, 5.41) is 0. The van der Waals surface area contributed by atoms with E-state index in [0.717, 1.165) is 6.07 Å². The second-order valence-corrected chi connectivity index (χ2v) is 3.61. The van der Waals surface area contributed by atoms with Crippen LogP contribution in [0.2, 0.25) is 0 Å². The Morgan fingerprint density at radius 2 is 2.06 bits per heavy atom. The third-order valence-corrected chi connectivity index (χ3v) is 2.38. The van der Waals surface area contributed by atoms with E-state index in [2.05, 4.69) is 4.74 Å². The summed E-state index contributed by atoms with van der Waals surface area (Å²) < 4.78 is 22.5. The molecule has 0 heterocycles. The van der Waals surface area contributed by atoms with Gasteiger partial charge in [0.2, 0.25) is 0 Å². The molecule has 0 aliphatic rings. The maximum atomic E-state index is 13.4. The second kappa shape index (κ2) is 6.11. The quantitative estimate of drug-likeness (QED) is 0.625. The van der Waals surface area contributed by atoms with Crippen LogP contribution in [0, 0.1) is 5.82 Å². The average Bonchev–Trinajstić information content (AvgIpc) is 2.37. The van der Waals surface area contributed by atoms with Crippen molar-refractivity contribution in [2.45, 2.75) is 12.5 Å². The van der Waals surface area contributed by atoms with Crippen molar-refractivity contribution in [3.63, 3.8) is 0 Å². The Bertz CT molecular complexity index is 461. The molecule has 0 aliphatic carbocycles. The Kier molecular flexibility index (Phi) is 4.79. The van der Waals surface area contributed by atoms with Gasteiger partial charge in [-0.3, -0.25) is 9.59 Å². The Hall–Kier alpha value is -1.95. The smallest absolute Gasteiger partial charge is 0.323 e. The molecule has 1 rings (SSSR count). The van der Waals surface area contributed by atoms with Crippen molar-refractivity contribution in [1.82, 2.24) is 0 Å². The summed E-state index contributed by atoms with van der Waals surface area (Å²) in [6.07, 6.45) is -0.238. The number of ether oxygens (including phenoxy) is 2. The number of esters is 1. The Morgan fingerprint density at radius 1 is 1.39 bits per heavy atom. The van der Waals surface area contributed by atoms with E-state index >= 15 is 0 Å². The summed E-state index contributed by atoms with van der Waals surface area (Å²) in [4.78, 5) is 22.8. The fourth-order valence-electron chi connectivity index (χ4n) is 1.39. The minimum absolute atomic E-state index is 0.0452. The molecule has 1 aromatic carbocycles. The lowest BCUT2D eigenvalue weighted by molar-refractivity contribution is -0.142. The zero-order chi connectivity index (χ0) is 13.7. The molecule has 1 unspecified atom stereocenters. The van der Waals surface area contributed by atoms with Crippen LogP contribution in [0.25, 0.3) is 0 Å². The number of benzene rings is 1. The molecule has 6 heteroatoms. The molecule has 0 bridgehead atoms. The van der Waals surface area contributed by atoms with Crippen LogP contribution in [0.3, 0.4) is 0 Å². The number of rotatable bonds is 5. The van der Waals surface area contributed by atoms with Crippen LogP contribution >= 0.6 is 0 Å². The van der Waals surface area contributed by atoms with E-state index in [1.54, 1.807) is 0 Å². The Morgan fingerprint density at radius 3 is 2.56 bits per heavy atom. The molecule has 0 fully saturated rings. The van der Waals surface area contributed by atoms with Crippen molar-refractivity contribution in [2.75, 3.05) is 14.2 Å². The van der Waals surface area contributed by atoms with Crippen LogP contribution in [-0.4, -0.2) is 32.0 Å². The molecule has 0 radical (unpaired) electrons. The molecule has 0 aromatic heterocycles. The average molecular weight is 255 g/mol. The lowest BCUT2D eigenvalue weighted by atomic mass is 10.0. The fraction of sp³-hybridized carbons (Fsp3) is 0.333. The first-order valence-corrected chi connectivity index (χ1v) is 5.19. The number of hydrogen-bond acceptors (Lipinski definition) is 5. The normalized spacial score (nSPS) is 11.8. The molecule has 5 nitrogen and oxygen atoms in total. The lowest BCUT2D eigenvalue weighted by Gasteiger charge is -2.09. The minimum atomic E-state index is -1.05. The molecule has 2 N–H and O–H groups in total. The van der Waals surface area contributed by atoms with Crippen molar-refractivity contribution in [2.24, 2.45) is 5.73 Å². The van der Waals surface area contributed by atoms with E-state index in [0.29, 0.717) is 0 Å². The van der Waals surface area contributed by atoms with Gasteiger partial charge in [-0.25, -0.2) is 4.39 Å². The van der Waals surface area contributed by atoms with E-state index in [-0.39, 0.29) is 17.7 Å². The largest absolute Gasteiger partial charge is 0.494 e. The molecule has 1 aromatic rings. The molecule has 0 aliphatic heterocycles. The third kappa shape index (κ3) is 3.27. The number of carbonyl (C=O) groups is 2. The van der Waals surface area contributed by atoms with Crippen molar-refractivity contribution in [3.8, 4) is 5.75 Å². The van der Waals surface area contributed by atoms with Crippen molar-refractivity contribution < 1.29 is 23.5 Å². The van der Waals surface area contributed by atoms with Gasteiger partial charge in [0.25, 0.3) is 0 Å². The highest BCUT2D eigenvalue weighted by Gasteiger charge is 2.19. The topological polar surface area (TPSA) is 78.6 Å². The molecule has 1 atom stereocenters. The molecular formula is C12H14FNO4. The summed E-state index contributed by atoms with van der Waals surface area (Å²) in [6, 6.07) is 2.75. The maximum Gasteiger partial charge on any atom is 0.323 e. The van der Waals surface area contributed by atoms with Gasteiger partial charge in [0.05, 0.1) is 14.2 Å². The first-order valence-electron chi connectivity index (χ1n) is 5.19. The number of ketones is 1. The van der Waals surface area contributed by atoms with Gasteiger partial charge in [-0.1, -0.05) is 0 Å². The monoisotopic (exact) mass is 255 g/mol. The van der Waals surface area contributed by atoms with Crippen molar-refractivity contribution in [3.05, 3.63) is 29.6 Å². The van der Waals surface area contributed by atoms with Gasteiger partial charge in [0.1, 0.15) is 6.04 Å². The third-order valence-electron chi connectivity index (χ3n) is 2.38. The number of nitrogens with two attached hydrogens (primary N) is 1. The zero-order valence-corrected chi connectivity index (χ0v) is 10.1. The summed E-state index contributed by atoms with van der Waals surface area (Å²) >= 11 is 0. The van der Waals surface area contributed by atoms with E-state index in [1.807, 2.05) is 0 Å². The van der Waals surface area contributed by atoms with Crippen LogP contribution in [0.5, 0.6) is 5.75 Å². The molecule has 0 amide bonds. The SMILES string of the molecule is COC(=O)C(N)CC(=O)c1ccc(OC)c(F)c1. The van der Waals surface area contributed by atoms with Gasteiger partial charge < -0.3 is 15.2 Å². The predicted octanol–water partition coefficient (Wildman–Crippen LogP) is 0.907. The number of carbonyl (C=O) groups excluding carboxylic acids is 2. The van der Waals surface area contributed by atoms with Crippen LogP contribution in [-0.2, 0) is 9.53 Å². The summed E-state index contributed by atoms with van der Waals surface area (Å²) in [6.45, 7) is 0. The minimum Gasteiger partial charge on any atom is -0.494 e. The Balaban J connectivity index is 2.79. The van der Waals surface area contributed by atoms with Crippen molar-refractivity contribution in [1.29, 1.82) is 0 Å². The van der Waals surface area contributed by atoms with E-state index in [4.69, 9.17) is 10.5 Å². The summed E-state index contributed by atoms with van der Waals surface area (Å²) in [7, 11) is 2.51. The standard InChI is InChI=1S/C12H14FNO4/c1-17-11-4-3-7(5-8(11)13)10(15)6-9(14)12(16)18-2/h3-5,9H,6,14H2,1-2H3. The molecular weight excluding hydrogens is 241 g/mol. The zero-order valence-electron chi connectivity index (χ0n) is 10.1. The summed E-state index contributed by atoms with van der Waals surface area (Å²) in [5.74, 6) is -1.72. The highest BCUT2D eigenvalue weighted by molar-refractivity contribution is 5.98. The van der Waals surface area contributed by atoms with E-state index in [1.165, 1.54) is 26.4 Å². The molecule has 18 heavy (non-hydrogen) atoms. The molecule has 0 saturated carbocycles. The fourth-order valence-corrected chi connectivity index (χ4v) is 1.39. The van der Waals surface area contributed by atoms with Crippen LogP contribution in [0.1, 0.15) is 16.8 Å². The van der Waals surface area contributed by atoms with Gasteiger partial charge in [0.15, 0.2) is 17.3 Å². The molecule has 0 spiro atoms. The number of halogens is 1. The van der Waals surface area contributed by atoms with Crippen molar-refractivity contribution >= 4 is 11.8 Å². The second-order valence-electron chi connectivity index (χ2n) is 3.61. The van der Waals surface area contributed by atoms with Gasteiger partial charge in [-0.05, 0) is 18.2 Å². The van der Waals surface area contributed by atoms with Gasteiger partial charge >= 0.3 is 5.97 Å². The first kappa shape index (κ1) is 14.1. The Labute approximate surface area is 104 Å². The molecule has 98 valence electrons. The van der Waals surface area contributed by atoms with Crippen LogP contribution < -0.4 is 10.5 Å². The van der Waals surface area contributed by atoms with Gasteiger partial charge in [-0.15, -0.1) is 0 Å². The van der Waals surface area contributed by atoms with Gasteiger partial charge in [-0.2, -0.15) is 0 Å². The number of hydrogen-bond donors (Lipinski definition) is 1. The predicted molar refractivity (Wildman–Crippen MR) is 61.9 cm³/mol. The van der Waals surface area contributed by atoms with Crippen LogP contribution in [0.4, 0.5) is 4.39 Å². The van der Waals surface area contributed by atoms with Gasteiger partial charge in [0, 0.05) is 12.0 Å². The highest BCUT2D eigenvalue weighted by atomic mass is 19.1. The number of Topliss-reactive ketones (excluding diaryl/α,β-unsaturated/α-hetero) is 1.